The quantitative estimate of drug-likeness (QED) is 0.0229. The summed E-state index contributed by atoms with van der Waals surface area (Å²) in [4.78, 5) is 80.6. The van der Waals surface area contributed by atoms with Crippen molar-refractivity contribution < 1.29 is 67.0 Å². The summed E-state index contributed by atoms with van der Waals surface area (Å²) in [5.74, 6) is -2.24. The van der Waals surface area contributed by atoms with Crippen LogP contribution in [-0.4, -0.2) is 199 Å². The number of nitrogens with one attached hydrogen (secondary N) is 3. The molecule has 25 nitrogen and oxygen atoms in total. The molecule has 3 atom stereocenters. The van der Waals surface area contributed by atoms with Crippen molar-refractivity contribution in [1.29, 1.82) is 0 Å². The average molecular weight is 1220 g/mol. The Morgan fingerprint density at radius 2 is 1.39 bits per heavy atom. The van der Waals surface area contributed by atoms with Crippen molar-refractivity contribution in [3.63, 3.8) is 0 Å². The van der Waals surface area contributed by atoms with Gasteiger partial charge in [0.25, 0.3) is 23.6 Å². The number of carbonyl (C=O) groups is 6. The molecule has 0 radical (unpaired) electrons. The molecular formula is C63H83N11O14. The van der Waals surface area contributed by atoms with Gasteiger partial charge in [-0.3, -0.25) is 39.0 Å². The SMILES string of the molecule is CCCCCCCC(COCCOCCOCCOCCOCCOCCOCCn1cc(C(=O)N2CCC([C@@H]3CCNc4c(C(N)=O)c(-c5ccc(-c6ccccc6)cc5O)nn43)CC2)nn1)Nc1cccc2c1C(=O)N(C1CCC(=O)NC1=O)C2=O. The Hall–Kier alpha value is -7.65. The Balaban J connectivity index is 0.570. The van der Waals surface area contributed by atoms with E-state index in [1.165, 1.54) is 0 Å². The van der Waals surface area contributed by atoms with Crippen LogP contribution in [0.2, 0.25) is 0 Å². The fourth-order valence-corrected chi connectivity index (χ4v) is 11.6. The molecule has 4 aliphatic rings. The minimum atomic E-state index is -1.04. The first-order valence-electron chi connectivity index (χ1n) is 30.9. The lowest BCUT2D eigenvalue weighted by Gasteiger charge is -2.38. The molecule has 0 spiro atoms. The summed E-state index contributed by atoms with van der Waals surface area (Å²) in [6.45, 7) is 9.78. The molecule has 25 heteroatoms. The number of fused-ring (bicyclic) bond motifs is 2. The van der Waals surface area contributed by atoms with Crippen LogP contribution in [0.5, 0.6) is 5.75 Å². The fourth-order valence-electron chi connectivity index (χ4n) is 11.6. The lowest BCUT2D eigenvalue weighted by Crippen LogP contribution is -2.54. The molecule has 6 N–H and O–H groups in total. The van der Waals surface area contributed by atoms with Gasteiger partial charge in [0.1, 0.15) is 28.9 Å². The Kier molecular flexibility index (Phi) is 24.4. The summed E-state index contributed by atoms with van der Waals surface area (Å²) in [5, 5.41) is 33.5. The second-order valence-corrected chi connectivity index (χ2v) is 22.2. The maximum atomic E-state index is 13.7. The largest absolute Gasteiger partial charge is 0.507 e. The predicted molar refractivity (Wildman–Crippen MR) is 324 cm³/mol. The van der Waals surface area contributed by atoms with E-state index in [4.69, 9.17) is 44.0 Å². The third-order valence-electron chi connectivity index (χ3n) is 16.2. The molecule has 5 aromatic rings. The first-order valence-corrected chi connectivity index (χ1v) is 30.9. The highest BCUT2D eigenvalue weighted by molar-refractivity contribution is 6.25. The summed E-state index contributed by atoms with van der Waals surface area (Å²) in [6, 6.07) is 18.9. The van der Waals surface area contributed by atoms with Gasteiger partial charge >= 0.3 is 0 Å². The summed E-state index contributed by atoms with van der Waals surface area (Å²) < 4.78 is 43.4. The van der Waals surface area contributed by atoms with Gasteiger partial charge in [-0.1, -0.05) is 86.7 Å². The number of hydrogen-bond acceptors (Lipinski definition) is 19. The van der Waals surface area contributed by atoms with Crippen LogP contribution < -0.4 is 21.7 Å². The number of amides is 6. The van der Waals surface area contributed by atoms with Gasteiger partial charge in [0.15, 0.2) is 5.69 Å². The number of aromatic hydroxyl groups is 1. The number of phenols is 1. The van der Waals surface area contributed by atoms with Crippen molar-refractivity contribution in [2.45, 2.75) is 102 Å². The minimum absolute atomic E-state index is 0.00142. The minimum Gasteiger partial charge on any atom is -0.507 e. The highest BCUT2D eigenvalue weighted by Crippen LogP contribution is 2.43. The summed E-state index contributed by atoms with van der Waals surface area (Å²) in [7, 11) is 0. The van der Waals surface area contributed by atoms with Gasteiger partial charge in [0, 0.05) is 43.3 Å². The van der Waals surface area contributed by atoms with Crippen LogP contribution in [0.4, 0.5) is 11.5 Å². The monoisotopic (exact) mass is 1220 g/mol. The van der Waals surface area contributed by atoms with E-state index in [1.807, 2.05) is 41.1 Å². The molecular weight excluding hydrogens is 1130 g/mol. The maximum Gasteiger partial charge on any atom is 0.276 e. The summed E-state index contributed by atoms with van der Waals surface area (Å²) in [6.07, 6.45) is 10.3. The lowest BCUT2D eigenvalue weighted by atomic mass is 9.86. The van der Waals surface area contributed by atoms with Gasteiger partial charge in [-0.25, -0.2) is 9.36 Å². The summed E-state index contributed by atoms with van der Waals surface area (Å²) in [5.41, 5.74) is 9.98. The lowest BCUT2D eigenvalue weighted by molar-refractivity contribution is -0.136. The number of primary amides is 1. The number of nitrogens with two attached hydrogens (primary N) is 1. The number of unbranched alkanes of at least 4 members (excludes halogenated alkanes) is 4. The van der Waals surface area contributed by atoms with Crippen molar-refractivity contribution in [2.75, 3.05) is 123 Å². The number of carbonyl (C=O) groups excluding carboxylic acids is 6. The standard InChI is InChI=1S/C63H83N11O14/c1-2-3-4-5-9-13-46(66-49-15-10-14-48-55(49)63(81)73(61(48)79)52-18-19-54(76)67-60(52)78)42-88-39-38-87-37-36-86-35-34-85-33-32-84-31-30-83-29-28-82-27-26-72-41-50(68-70-72)62(80)71-24-21-44(22-25-71)51-20-23-65-59-56(58(64)77)57(69-74(51)59)47-17-16-45(40-53(47)75)43-11-7-6-8-12-43/h6-8,10-12,14-17,40-41,44,46,51-52,65-66,75H,2-5,9,13,18-39,42H2,1H3,(H2,64,77)(H,67,76,78)/t46?,51-,52?/m0/s1. The summed E-state index contributed by atoms with van der Waals surface area (Å²) >= 11 is 0. The molecule has 474 valence electrons. The van der Waals surface area contributed by atoms with Crippen LogP contribution in [-0.2, 0) is 49.3 Å². The Bertz CT molecular complexity index is 3130. The molecule has 4 aliphatic heterocycles. The number of hydrogen-bond donors (Lipinski definition) is 5. The molecule has 6 amide bonds. The Morgan fingerprint density at radius 1 is 0.727 bits per heavy atom. The number of rotatable bonds is 37. The van der Waals surface area contributed by atoms with E-state index in [1.54, 1.807) is 46.1 Å². The van der Waals surface area contributed by atoms with Gasteiger partial charge in [0.2, 0.25) is 11.8 Å². The van der Waals surface area contributed by atoms with E-state index in [9.17, 15) is 33.9 Å². The maximum absolute atomic E-state index is 13.7. The van der Waals surface area contributed by atoms with Crippen LogP contribution in [0.15, 0.2) is 72.9 Å². The molecule has 0 aliphatic carbocycles. The van der Waals surface area contributed by atoms with Crippen LogP contribution in [0.25, 0.3) is 22.4 Å². The number of imide groups is 2. The Morgan fingerprint density at radius 3 is 2.03 bits per heavy atom. The molecule has 0 saturated carbocycles. The fraction of sp³-hybridized carbons (Fsp3) is 0.540. The van der Waals surface area contributed by atoms with Crippen LogP contribution in [0.3, 0.4) is 0 Å². The number of nitrogens with zero attached hydrogens (tertiary/aromatic N) is 7. The van der Waals surface area contributed by atoms with Crippen molar-refractivity contribution in [3.8, 4) is 28.1 Å². The van der Waals surface area contributed by atoms with Gasteiger partial charge in [-0.2, -0.15) is 5.10 Å². The van der Waals surface area contributed by atoms with Gasteiger partial charge in [0.05, 0.1) is 122 Å². The van der Waals surface area contributed by atoms with Crippen molar-refractivity contribution in [3.05, 3.63) is 95.3 Å². The van der Waals surface area contributed by atoms with Crippen molar-refractivity contribution in [1.82, 2.24) is 39.9 Å². The first kappa shape index (κ1) is 64.8. The van der Waals surface area contributed by atoms with Gasteiger partial charge in [-0.05, 0) is 73.4 Å². The molecule has 0 bridgehead atoms. The Labute approximate surface area is 512 Å². The molecule has 6 heterocycles. The molecule has 9 rings (SSSR count). The molecule has 2 fully saturated rings. The van der Waals surface area contributed by atoms with Crippen molar-refractivity contribution in [2.24, 2.45) is 11.7 Å². The van der Waals surface area contributed by atoms with E-state index in [2.05, 4.69) is 33.2 Å². The van der Waals surface area contributed by atoms with E-state index >= 15 is 0 Å². The number of anilines is 2. The highest BCUT2D eigenvalue weighted by Gasteiger charge is 2.46. The number of benzene rings is 3. The predicted octanol–water partition coefficient (Wildman–Crippen LogP) is 5.88. The normalized spacial score (nSPS) is 17.2. The molecule has 2 unspecified atom stereocenters. The van der Waals surface area contributed by atoms with E-state index in [0.29, 0.717) is 141 Å². The first-order chi connectivity index (χ1) is 43.0. The molecule has 3 aromatic carbocycles. The van der Waals surface area contributed by atoms with E-state index in [-0.39, 0.29) is 64.9 Å². The second-order valence-electron chi connectivity index (χ2n) is 22.2. The topological polar surface area (TPSA) is 304 Å². The number of phenolic OH excluding ortho intramolecular Hbond substituents is 1. The molecule has 88 heavy (non-hydrogen) atoms. The van der Waals surface area contributed by atoms with E-state index in [0.717, 1.165) is 73.8 Å². The van der Waals surface area contributed by atoms with Crippen LogP contribution >= 0.6 is 0 Å². The zero-order valence-electron chi connectivity index (χ0n) is 50.2. The van der Waals surface area contributed by atoms with Gasteiger partial charge in [-0.15, -0.1) is 5.10 Å². The average Bonchev–Trinajstić information content (AvgIpc) is 1.83. The van der Waals surface area contributed by atoms with E-state index < -0.39 is 35.6 Å². The number of ether oxygens (including phenoxy) is 7. The van der Waals surface area contributed by atoms with Crippen LogP contribution in [0.1, 0.15) is 125 Å². The number of aromatic nitrogens is 5. The van der Waals surface area contributed by atoms with Gasteiger partial charge < -0.3 is 59.5 Å². The molecule has 2 aromatic heterocycles. The zero-order chi connectivity index (χ0) is 61.6. The number of likely N-dealkylation sites (tertiary alicyclic amines) is 1. The van der Waals surface area contributed by atoms with Crippen LogP contribution in [0, 0.1) is 5.92 Å². The zero-order valence-corrected chi connectivity index (χ0v) is 50.2. The smallest absolute Gasteiger partial charge is 0.276 e. The van der Waals surface area contributed by atoms with Crippen molar-refractivity contribution >= 4 is 46.9 Å². The third-order valence-corrected chi connectivity index (χ3v) is 16.2. The third kappa shape index (κ3) is 17.1. The highest BCUT2D eigenvalue weighted by atomic mass is 16.6. The second kappa shape index (κ2) is 33.1. The molecule has 2 saturated heterocycles. The number of piperidine rings is 2.